The van der Waals surface area contributed by atoms with Crippen LogP contribution in [-0.2, 0) is 11.8 Å². The van der Waals surface area contributed by atoms with E-state index >= 15 is 0 Å². The molecule has 3 heterocycles. The van der Waals surface area contributed by atoms with Crippen LogP contribution < -0.4 is 10.6 Å². The van der Waals surface area contributed by atoms with Gasteiger partial charge in [0, 0.05) is 44.8 Å². The van der Waals surface area contributed by atoms with Crippen molar-refractivity contribution in [2.75, 3.05) is 32.7 Å². The van der Waals surface area contributed by atoms with Crippen LogP contribution in [0.25, 0.3) is 0 Å². The van der Waals surface area contributed by atoms with Crippen molar-refractivity contribution in [2.24, 2.45) is 18.9 Å². The Hall–Kier alpha value is -0.820. The quantitative estimate of drug-likeness (QED) is 0.783. The van der Waals surface area contributed by atoms with Crippen LogP contribution in [0.2, 0.25) is 0 Å². The third-order valence-electron chi connectivity index (χ3n) is 5.72. The highest BCUT2D eigenvalue weighted by molar-refractivity contribution is 5.85. The van der Waals surface area contributed by atoms with E-state index in [-0.39, 0.29) is 42.6 Å². The van der Waals surface area contributed by atoms with Crippen molar-refractivity contribution >= 4 is 30.7 Å². The lowest BCUT2D eigenvalue weighted by molar-refractivity contribution is -0.125. The number of aromatic nitrogens is 2. The summed E-state index contributed by atoms with van der Waals surface area (Å²) in [6, 6.07) is 0.410. The fraction of sp³-hybridized carbons (Fsp3) is 0.778. The van der Waals surface area contributed by atoms with Crippen molar-refractivity contribution in [2.45, 2.75) is 38.6 Å². The molecule has 2 saturated heterocycles. The maximum Gasteiger partial charge on any atom is 0.225 e. The molecular formula is C18H33Cl2N5O. The SMILES string of the molecule is CC1CCN(C(C)CNC(=O)[C@H]2CNC[C@@H]2c2cnn(C)c2)CC1.Cl.Cl. The number of piperidine rings is 1. The minimum Gasteiger partial charge on any atom is -0.354 e. The number of aryl methyl sites for hydroxylation is 1. The first-order valence-corrected chi connectivity index (χ1v) is 9.25. The molecule has 0 saturated carbocycles. The zero-order chi connectivity index (χ0) is 17.1. The number of nitrogens with zero attached hydrogens (tertiary/aromatic N) is 3. The number of hydrogen-bond donors (Lipinski definition) is 2. The highest BCUT2D eigenvalue weighted by atomic mass is 35.5. The van der Waals surface area contributed by atoms with Gasteiger partial charge in [0.1, 0.15) is 0 Å². The standard InChI is InChI=1S/C18H31N5O.2ClH/c1-13-4-6-23(7-5-13)14(2)8-20-18(24)17-11-19-10-16(17)15-9-21-22(3)12-15;;/h9,12-14,16-17,19H,4-8,10-11H2,1-3H3,(H,20,24);2*1H/t14?,16-,17+;;/m1../s1. The van der Waals surface area contributed by atoms with E-state index in [0.29, 0.717) is 6.04 Å². The van der Waals surface area contributed by atoms with Crippen molar-refractivity contribution in [3.05, 3.63) is 18.0 Å². The topological polar surface area (TPSA) is 62.2 Å². The number of carbonyl (C=O) groups is 1. The summed E-state index contributed by atoms with van der Waals surface area (Å²) in [4.78, 5) is 15.2. The number of likely N-dealkylation sites (tertiary alicyclic amines) is 1. The van der Waals surface area contributed by atoms with Crippen molar-refractivity contribution < 1.29 is 4.79 Å². The second-order valence-corrected chi connectivity index (χ2v) is 7.63. The molecule has 6 nitrogen and oxygen atoms in total. The summed E-state index contributed by atoms with van der Waals surface area (Å²) in [6.07, 6.45) is 6.45. The first kappa shape index (κ1) is 23.2. The molecule has 0 aliphatic carbocycles. The van der Waals surface area contributed by atoms with Gasteiger partial charge in [-0.05, 0) is 44.3 Å². The molecule has 2 aliphatic heterocycles. The molecule has 2 fully saturated rings. The smallest absolute Gasteiger partial charge is 0.225 e. The molecule has 26 heavy (non-hydrogen) atoms. The fourth-order valence-corrected chi connectivity index (χ4v) is 3.91. The van der Waals surface area contributed by atoms with Gasteiger partial charge in [-0.25, -0.2) is 0 Å². The zero-order valence-corrected chi connectivity index (χ0v) is 17.6. The van der Waals surface area contributed by atoms with Gasteiger partial charge in [-0.2, -0.15) is 5.10 Å². The van der Waals surface area contributed by atoms with Gasteiger partial charge < -0.3 is 10.6 Å². The average molecular weight is 406 g/mol. The van der Waals surface area contributed by atoms with E-state index in [9.17, 15) is 4.79 Å². The van der Waals surface area contributed by atoms with Crippen LogP contribution in [0.4, 0.5) is 0 Å². The zero-order valence-electron chi connectivity index (χ0n) is 16.0. The van der Waals surface area contributed by atoms with Gasteiger partial charge in [0.25, 0.3) is 0 Å². The van der Waals surface area contributed by atoms with Crippen LogP contribution in [0.1, 0.15) is 38.2 Å². The molecule has 0 radical (unpaired) electrons. The highest BCUT2D eigenvalue weighted by Crippen LogP contribution is 2.28. The molecule has 0 bridgehead atoms. The summed E-state index contributed by atoms with van der Waals surface area (Å²) >= 11 is 0. The summed E-state index contributed by atoms with van der Waals surface area (Å²) in [5.41, 5.74) is 1.15. The van der Waals surface area contributed by atoms with Gasteiger partial charge in [-0.3, -0.25) is 14.4 Å². The average Bonchev–Trinajstić information content (AvgIpc) is 3.21. The molecule has 3 rings (SSSR count). The Labute approximate surface area is 169 Å². The third-order valence-corrected chi connectivity index (χ3v) is 5.72. The van der Waals surface area contributed by atoms with Crippen LogP contribution in [0, 0.1) is 11.8 Å². The molecule has 3 atom stereocenters. The molecule has 1 unspecified atom stereocenters. The number of hydrogen-bond acceptors (Lipinski definition) is 4. The Kier molecular flexibility index (Phi) is 9.38. The monoisotopic (exact) mass is 405 g/mol. The van der Waals surface area contributed by atoms with Crippen LogP contribution in [0.5, 0.6) is 0 Å². The molecule has 1 aromatic rings. The third kappa shape index (κ3) is 5.59. The summed E-state index contributed by atoms with van der Waals surface area (Å²) in [6.45, 7) is 9.20. The molecule has 1 amide bonds. The Morgan fingerprint density at radius 3 is 2.65 bits per heavy atom. The number of rotatable bonds is 5. The van der Waals surface area contributed by atoms with Crippen molar-refractivity contribution in [1.29, 1.82) is 0 Å². The Balaban J connectivity index is 0.00000169. The molecule has 2 aliphatic rings. The summed E-state index contributed by atoms with van der Waals surface area (Å²) in [5, 5.41) is 10.8. The van der Waals surface area contributed by atoms with E-state index in [2.05, 4.69) is 34.5 Å². The van der Waals surface area contributed by atoms with E-state index in [4.69, 9.17) is 0 Å². The number of amides is 1. The largest absolute Gasteiger partial charge is 0.354 e. The van der Waals surface area contributed by atoms with Gasteiger partial charge >= 0.3 is 0 Å². The van der Waals surface area contributed by atoms with Crippen molar-refractivity contribution in [1.82, 2.24) is 25.3 Å². The van der Waals surface area contributed by atoms with Crippen molar-refractivity contribution in [3.8, 4) is 0 Å². The van der Waals surface area contributed by atoms with E-state index in [1.807, 2.05) is 24.1 Å². The summed E-state index contributed by atoms with van der Waals surface area (Å²) in [5.74, 6) is 1.24. The molecule has 0 spiro atoms. The molecule has 0 aromatic carbocycles. The maximum atomic E-state index is 12.7. The lowest BCUT2D eigenvalue weighted by Crippen LogP contribution is -2.47. The Morgan fingerprint density at radius 1 is 1.35 bits per heavy atom. The number of nitrogens with one attached hydrogen (secondary N) is 2. The molecule has 150 valence electrons. The second kappa shape index (κ2) is 10.5. The highest BCUT2D eigenvalue weighted by Gasteiger charge is 2.34. The van der Waals surface area contributed by atoms with Crippen LogP contribution in [0.15, 0.2) is 12.4 Å². The Bertz CT molecular complexity index is 560. The molecular weight excluding hydrogens is 373 g/mol. The van der Waals surface area contributed by atoms with E-state index in [1.165, 1.54) is 12.8 Å². The van der Waals surface area contributed by atoms with Gasteiger partial charge in [-0.1, -0.05) is 6.92 Å². The lowest BCUT2D eigenvalue weighted by atomic mass is 9.90. The fourth-order valence-electron chi connectivity index (χ4n) is 3.91. The van der Waals surface area contributed by atoms with Gasteiger partial charge in [0.2, 0.25) is 5.91 Å². The molecule has 1 aromatic heterocycles. The van der Waals surface area contributed by atoms with Gasteiger partial charge in [0.15, 0.2) is 0 Å². The van der Waals surface area contributed by atoms with Crippen molar-refractivity contribution in [3.63, 3.8) is 0 Å². The molecule has 8 heteroatoms. The van der Waals surface area contributed by atoms with Crippen LogP contribution in [0.3, 0.4) is 0 Å². The van der Waals surface area contributed by atoms with E-state index < -0.39 is 0 Å². The maximum absolute atomic E-state index is 12.7. The normalized spacial score (nSPS) is 25.2. The van der Waals surface area contributed by atoms with Gasteiger partial charge in [-0.15, -0.1) is 24.8 Å². The summed E-state index contributed by atoms with van der Waals surface area (Å²) in [7, 11) is 1.92. The lowest BCUT2D eigenvalue weighted by Gasteiger charge is -2.35. The molecule has 2 N–H and O–H groups in total. The first-order valence-electron chi connectivity index (χ1n) is 9.25. The Morgan fingerprint density at radius 2 is 2.04 bits per heavy atom. The second-order valence-electron chi connectivity index (χ2n) is 7.63. The van der Waals surface area contributed by atoms with E-state index in [0.717, 1.165) is 44.2 Å². The first-order chi connectivity index (χ1) is 11.5. The minimum absolute atomic E-state index is 0. The van der Waals surface area contributed by atoms with Crippen LogP contribution >= 0.6 is 24.8 Å². The summed E-state index contributed by atoms with van der Waals surface area (Å²) < 4.78 is 1.81. The van der Waals surface area contributed by atoms with Crippen LogP contribution in [-0.4, -0.2) is 59.4 Å². The number of carbonyl (C=O) groups excluding carboxylic acids is 1. The predicted octanol–water partition coefficient (Wildman–Crippen LogP) is 1.80. The predicted molar refractivity (Wildman–Crippen MR) is 109 cm³/mol. The van der Waals surface area contributed by atoms with E-state index in [1.54, 1.807) is 0 Å². The van der Waals surface area contributed by atoms with Gasteiger partial charge in [0.05, 0.1) is 12.1 Å². The minimum atomic E-state index is 0. The number of halogens is 2.